The fourth-order valence-corrected chi connectivity index (χ4v) is 2.87. The number of halogens is 1. The number of hydrogen-bond acceptors (Lipinski definition) is 5. The molecule has 0 radical (unpaired) electrons. The van der Waals surface area contributed by atoms with E-state index in [1.54, 1.807) is 23.0 Å². The average molecular weight is 365 g/mol. The second kappa shape index (κ2) is 6.53. The highest BCUT2D eigenvalue weighted by molar-refractivity contribution is 5.70. The second-order valence-electron chi connectivity index (χ2n) is 6.90. The topological polar surface area (TPSA) is 74.3 Å². The number of hydrogen-bond donors (Lipinski definition) is 0. The molecule has 0 unspecified atom stereocenters. The Balaban J connectivity index is 1.67. The molecule has 0 saturated heterocycles. The number of alkyl halides is 1. The standard InChI is InChI=1S/C19H20FN7/c1-4-26-12-13(10-22-26)9-17-21-11-16-18(23-17)27(25-24-16)15-7-5-14(6-8-15)19(2,3)20/h5-8,10-12H,4,9H2,1-3H3. The summed E-state index contributed by atoms with van der Waals surface area (Å²) in [6.45, 7) is 5.93. The van der Waals surface area contributed by atoms with E-state index in [-0.39, 0.29) is 0 Å². The monoisotopic (exact) mass is 365 g/mol. The van der Waals surface area contributed by atoms with Gasteiger partial charge in [-0.3, -0.25) is 4.68 Å². The van der Waals surface area contributed by atoms with Crippen LogP contribution >= 0.6 is 0 Å². The molecule has 4 aromatic rings. The molecule has 0 saturated carbocycles. The smallest absolute Gasteiger partial charge is 0.187 e. The Morgan fingerprint density at radius 2 is 1.89 bits per heavy atom. The van der Waals surface area contributed by atoms with Crippen LogP contribution in [-0.2, 0) is 18.6 Å². The van der Waals surface area contributed by atoms with Crippen LogP contribution < -0.4 is 0 Å². The van der Waals surface area contributed by atoms with E-state index in [0.717, 1.165) is 17.8 Å². The van der Waals surface area contributed by atoms with Crippen molar-refractivity contribution in [2.45, 2.75) is 39.4 Å². The Kier molecular flexibility index (Phi) is 4.18. The highest BCUT2D eigenvalue weighted by Crippen LogP contribution is 2.25. The summed E-state index contributed by atoms with van der Waals surface area (Å²) < 4.78 is 17.6. The predicted molar refractivity (Wildman–Crippen MR) is 99.3 cm³/mol. The van der Waals surface area contributed by atoms with Crippen LogP contribution in [0.2, 0.25) is 0 Å². The summed E-state index contributed by atoms with van der Waals surface area (Å²) in [5.41, 5.74) is 2.27. The van der Waals surface area contributed by atoms with Gasteiger partial charge in [-0.2, -0.15) is 9.78 Å². The van der Waals surface area contributed by atoms with Crippen LogP contribution in [-0.4, -0.2) is 34.7 Å². The van der Waals surface area contributed by atoms with E-state index in [1.807, 2.05) is 36.1 Å². The van der Waals surface area contributed by atoms with E-state index in [0.29, 0.717) is 29.0 Å². The van der Waals surface area contributed by atoms with Crippen LogP contribution in [0.1, 0.15) is 37.7 Å². The third kappa shape index (κ3) is 3.42. The Labute approximate surface area is 155 Å². The quantitative estimate of drug-likeness (QED) is 0.543. The number of aromatic nitrogens is 7. The van der Waals surface area contributed by atoms with Crippen LogP contribution in [0.3, 0.4) is 0 Å². The average Bonchev–Trinajstić information content (AvgIpc) is 3.27. The second-order valence-corrected chi connectivity index (χ2v) is 6.90. The van der Waals surface area contributed by atoms with Crippen molar-refractivity contribution in [2.24, 2.45) is 0 Å². The summed E-state index contributed by atoms with van der Waals surface area (Å²) in [5, 5.41) is 12.6. The number of fused-ring (bicyclic) bond motifs is 1. The Morgan fingerprint density at radius 1 is 1.11 bits per heavy atom. The van der Waals surface area contributed by atoms with Crippen molar-refractivity contribution < 1.29 is 4.39 Å². The maximum absolute atomic E-state index is 14.1. The molecule has 3 heterocycles. The number of aryl methyl sites for hydroxylation is 1. The predicted octanol–water partition coefficient (Wildman–Crippen LogP) is 3.22. The lowest BCUT2D eigenvalue weighted by Crippen LogP contribution is -2.09. The van der Waals surface area contributed by atoms with Gasteiger partial charge in [0, 0.05) is 19.2 Å². The van der Waals surface area contributed by atoms with E-state index in [4.69, 9.17) is 0 Å². The highest BCUT2D eigenvalue weighted by Gasteiger charge is 2.19. The molecule has 27 heavy (non-hydrogen) atoms. The SMILES string of the molecule is CCn1cc(Cc2ncc3nnn(-c4ccc(C(C)(C)F)cc4)c3n2)cn1. The van der Waals surface area contributed by atoms with Crippen LogP contribution in [0.25, 0.3) is 16.9 Å². The maximum atomic E-state index is 14.1. The van der Waals surface area contributed by atoms with Gasteiger partial charge in [-0.25, -0.2) is 14.4 Å². The van der Waals surface area contributed by atoms with Gasteiger partial charge in [0.1, 0.15) is 11.5 Å². The van der Waals surface area contributed by atoms with Crippen molar-refractivity contribution in [3.63, 3.8) is 0 Å². The van der Waals surface area contributed by atoms with Gasteiger partial charge in [0.05, 0.1) is 18.1 Å². The van der Waals surface area contributed by atoms with Crippen LogP contribution in [0.4, 0.5) is 4.39 Å². The molecule has 8 heteroatoms. The van der Waals surface area contributed by atoms with Gasteiger partial charge in [-0.05, 0) is 44.0 Å². The molecule has 0 aliphatic heterocycles. The Morgan fingerprint density at radius 3 is 2.56 bits per heavy atom. The minimum Gasteiger partial charge on any atom is -0.273 e. The first kappa shape index (κ1) is 17.3. The van der Waals surface area contributed by atoms with Crippen LogP contribution in [0, 0.1) is 0 Å². The highest BCUT2D eigenvalue weighted by atomic mass is 19.1. The van der Waals surface area contributed by atoms with Crippen LogP contribution in [0.5, 0.6) is 0 Å². The molecule has 0 aliphatic rings. The molecule has 7 nitrogen and oxygen atoms in total. The summed E-state index contributed by atoms with van der Waals surface area (Å²) in [6, 6.07) is 7.14. The van der Waals surface area contributed by atoms with E-state index in [9.17, 15) is 4.39 Å². The molecule has 4 rings (SSSR count). The lowest BCUT2D eigenvalue weighted by atomic mass is 10.0. The molecule has 138 valence electrons. The molecule has 1 aromatic carbocycles. The van der Waals surface area contributed by atoms with E-state index in [1.165, 1.54) is 13.8 Å². The van der Waals surface area contributed by atoms with Crippen molar-refractivity contribution in [1.29, 1.82) is 0 Å². The fourth-order valence-electron chi connectivity index (χ4n) is 2.87. The van der Waals surface area contributed by atoms with Crippen molar-refractivity contribution in [3.8, 4) is 5.69 Å². The molecule has 0 amide bonds. The summed E-state index contributed by atoms with van der Waals surface area (Å²) in [4.78, 5) is 9.01. The number of nitrogens with zero attached hydrogens (tertiary/aromatic N) is 7. The normalized spacial score (nSPS) is 12.0. The van der Waals surface area contributed by atoms with Crippen LogP contribution in [0.15, 0.2) is 42.9 Å². The molecule has 0 fully saturated rings. The van der Waals surface area contributed by atoms with Gasteiger partial charge in [0.25, 0.3) is 0 Å². The first-order valence-corrected chi connectivity index (χ1v) is 8.82. The zero-order chi connectivity index (χ0) is 19.0. The molecule has 0 N–H and O–H groups in total. The molecule has 3 aromatic heterocycles. The van der Waals surface area contributed by atoms with E-state index in [2.05, 4.69) is 25.4 Å². The van der Waals surface area contributed by atoms with Crippen molar-refractivity contribution in [2.75, 3.05) is 0 Å². The minimum absolute atomic E-state index is 0.579. The molecular formula is C19H20FN7. The van der Waals surface area contributed by atoms with Gasteiger partial charge in [0.15, 0.2) is 11.2 Å². The Hall–Kier alpha value is -3.16. The summed E-state index contributed by atoms with van der Waals surface area (Å²) in [6.07, 6.45) is 6.06. The maximum Gasteiger partial charge on any atom is 0.187 e. The first-order chi connectivity index (χ1) is 12.9. The zero-order valence-corrected chi connectivity index (χ0v) is 15.5. The third-order valence-electron chi connectivity index (χ3n) is 4.41. The molecule has 0 spiro atoms. The minimum atomic E-state index is -1.39. The molecule has 0 atom stereocenters. The first-order valence-electron chi connectivity index (χ1n) is 8.82. The number of benzene rings is 1. The van der Waals surface area contributed by atoms with Gasteiger partial charge in [0.2, 0.25) is 0 Å². The van der Waals surface area contributed by atoms with Gasteiger partial charge in [-0.15, -0.1) is 5.10 Å². The zero-order valence-electron chi connectivity index (χ0n) is 15.5. The summed E-state index contributed by atoms with van der Waals surface area (Å²) >= 11 is 0. The fraction of sp³-hybridized carbons (Fsp3) is 0.316. The van der Waals surface area contributed by atoms with Crippen molar-refractivity contribution in [1.82, 2.24) is 34.7 Å². The molecule has 0 aliphatic carbocycles. The number of rotatable bonds is 5. The van der Waals surface area contributed by atoms with Crippen molar-refractivity contribution >= 4 is 11.2 Å². The summed E-state index contributed by atoms with van der Waals surface area (Å²) in [5.74, 6) is 0.670. The van der Waals surface area contributed by atoms with Gasteiger partial charge >= 0.3 is 0 Å². The van der Waals surface area contributed by atoms with Gasteiger partial charge < -0.3 is 0 Å². The lowest BCUT2D eigenvalue weighted by Gasteiger charge is -2.14. The summed E-state index contributed by atoms with van der Waals surface area (Å²) in [7, 11) is 0. The van der Waals surface area contributed by atoms with E-state index >= 15 is 0 Å². The Bertz CT molecular complexity index is 1070. The van der Waals surface area contributed by atoms with E-state index < -0.39 is 5.67 Å². The third-order valence-corrected chi connectivity index (χ3v) is 4.41. The van der Waals surface area contributed by atoms with Gasteiger partial charge in [-0.1, -0.05) is 17.3 Å². The lowest BCUT2D eigenvalue weighted by molar-refractivity contribution is 0.221. The molecule has 0 bridgehead atoms. The van der Waals surface area contributed by atoms with Crippen molar-refractivity contribution in [3.05, 3.63) is 59.8 Å². The largest absolute Gasteiger partial charge is 0.273 e. The molecular weight excluding hydrogens is 345 g/mol.